The summed E-state index contributed by atoms with van der Waals surface area (Å²) in [5.74, 6) is 0.710. The molecule has 0 aliphatic heterocycles. The summed E-state index contributed by atoms with van der Waals surface area (Å²) < 4.78 is 11.8. The number of rotatable bonds is 6. The van der Waals surface area contributed by atoms with E-state index < -0.39 is 11.6 Å². The lowest BCUT2D eigenvalue weighted by atomic mass is 10.1. The first kappa shape index (κ1) is 21.6. The third-order valence-electron chi connectivity index (χ3n) is 5.14. The van der Waals surface area contributed by atoms with Crippen LogP contribution in [-0.4, -0.2) is 28.0 Å². The van der Waals surface area contributed by atoms with Crippen molar-refractivity contribution < 1.29 is 14.1 Å². The molecule has 4 rings (SSSR count). The second kappa shape index (κ2) is 8.84. The number of carbonyl (C=O) groups is 1. The molecule has 0 fully saturated rings. The van der Waals surface area contributed by atoms with Crippen LogP contribution in [0.5, 0.6) is 5.75 Å². The summed E-state index contributed by atoms with van der Waals surface area (Å²) in [6.07, 6.45) is 0.333. The Morgan fingerprint density at radius 2 is 2.03 bits per heavy atom. The lowest BCUT2D eigenvalue weighted by Crippen LogP contribution is -2.35. The average Bonchev–Trinajstić information content (AvgIpc) is 3.18. The molecule has 2 aromatic heterocycles. The number of carbonyl (C=O) groups excluding carboxylic acids is 1. The summed E-state index contributed by atoms with van der Waals surface area (Å²) in [6.45, 7) is 3.52. The summed E-state index contributed by atoms with van der Waals surface area (Å²) in [4.78, 5) is 26.3. The fourth-order valence-corrected chi connectivity index (χ4v) is 3.74. The molecule has 8 nitrogen and oxygen atoms in total. The number of nitrogens with one attached hydrogen (secondary N) is 1. The zero-order valence-electron chi connectivity index (χ0n) is 17.8. The molecule has 32 heavy (non-hydrogen) atoms. The Kier molecular flexibility index (Phi) is 5.96. The maximum Gasteiger partial charge on any atom is 0.297 e. The Morgan fingerprint density at radius 1 is 1.25 bits per heavy atom. The molecule has 1 N–H and O–H groups in total. The van der Waals surface area contributed by atoms with Gasteiger partial charge in [-0.25, -0.2) is 4.68 Å². The third-order valence-corrected chi connectivity index (χ3v) is 5.37. The summed E-state index contributed by atoms with van der Waals surface area (Å²) in [5, 5.41) is 12.3. The van der Waals surface area contributed by atoms with Gasteiger partial charge in [0.25, 0.3) is 5.56 Å². The quantitative estimate of drug-likeness (QED) is 0.458. The van der Waals surface area contributed by atoms with Gasteiger partial charge in [-0.1, -0.05) is 41.9 Å². The zero-order valence-corrected chi connectivity index (χ0v) is 18.5. The van der Waals surface area contributed by atoms with Crippen molar-refractivity contribution in [2.75, 3.05) is 12.4 Å². The largest absolute Gasteiger partial charge is 0.497 e. The summed E-state index contributed by atoms with van der Waals surface area (Å²) in [5.41, 5.74) is 1.33. The van der Waals surface area contributed by atoms with E-state index in [-0.39, 0.29) is 11.4 Å². The summed E-state index contributed by atoms with van der Waals surface area (Å²) >= 11 is 6.02. The number of nitrogens with zero attached hydrogens (tertiary/aromatic N) is 3. The standard InChI is InChI=1S/C23H21ClN4O4/c1-4-18(22(29)25-16-9-6-8-15(24)12-16)28-23(30)21-19(13(2)32-27-21)20(26-28)14-7-5-10-17(11-14)31-3/h5-12,18H,4H2,1-3H3,(H,25,29)/t18-/m1/s1. The van der Waals surface area contributed by atoms with Crippen LogP contribution < -0.4 is 15.6 Å². The topological polar surface area (TPSA) is 99.2 Å². The molecule has 1 atom stereocenters. The lowest BCUT2D eigenvalue weighted by Gasteiger charge is -2.18. The first-order chi connectivity index (χ1) is 15.4. The van der Waals surface area contributed by atoms with E-state index in [4.69, 9.17) is 20.9 Å². The van der Waals surface area contributed by atoms with Crippen molar-refractivity contribution in [2.24, 2.45) is 0 Å². The van der Waals surface area contributed by atoms with Crippen molar-refractivity contribution in [3.63, 3.8) is 0 Å². The van der Waals surface area contributed by atoms with E-state index in [1.165, 1.54) is 4.68 Å². The van der Waals surface area contributed by atoms with E-state index in [1.807, 2.05) is 18.2 Å². The predicted molar refractivity (Wildman–Crippen MR) is 122 cm³/mol. The Bertz CT molecular complexity index is 1360. The van der Waals surface area contributed by atoms with Crippen LogP contribution in [0.15, 0.2) is 57.8 Å². The Labute approximate surface area is 188 Å². The normalized spacial score (nSPS) is 12.0. The van der Waals surface area contributed by atoms with Crippen molar-refractivity contribution >= 4 is 34.1 Å². The number of aryl methyl sites for hydroxylation is 1. The number of hydrogen-bond acceptors (Lipinski definition) is 6. The maximum atomic E-state index is 13.2. The van der Waals surface area contributed by atoms with Crippen molar-refractivity contribution in [3.05, 3.63) is 69.7 Å². The first-order valence-corrected chi connectivity index (χ1v) is 10.4. The van der Waals surface area contributed by atoms with Crippen LogP contribution in [0.4, 0.5) is 5.69 Å². The number of fused-ring (bicyclic) bond motifs is 1. The molecule has 4 aromatic rings. The molecule has 0 saturated carbocycles. The molecule has 2 heterocycles. The molecule has 0 bridgehead atoms. The highest BCUT2D eigenvalue weighted by atomic mass is 35.5. The molecule has 164 valence electrons. The molecule has 0 unspecified atom stereocenters. The molecule has 0 spiro atoms. The van der Waals surface area contributed by atoms with E-state index in [0.29, 0.717) is 45.3 Å². The fraction of sp³-hybridized carbons (Fsp3) is 0.217. The highest BCUT2D eigenvalue weighted by molar-refractivity contribution is 6.30. The number of ether oxygens (including phenoxy) is 1. The number of benzene rings is 2. The van der Waals surface area contributed by atoms with Crippen LogP contribution in [0.1, 0.15) is 25.1 Å². The zero-order chi connectivity index (χ0) is 22.8. The molecule has 2 aromatic carbocycles. The van der Waals surface area contributed by atoms with Crippen molar-refractivity contribution in [2.45, 2.75) is 26.3 Å². The minimum absolute atomic E-state index is 0.115. The number of aromatic nitrogens is 3. The van der Waals surface area contributed by atoms with E-state index >= 15 is 0 Å². The predicted octanol–water partition coefficient (Wildman–Crippen LogP) is 4.61. The maximum absolute atomic E-state index is 13.2. The highest BCUT2D eigenvalue weighted by Crippen LogP contribution is 2.30. The Morgan fingerprint density at radius 3 is 2.75 bits per heavy atom. The molecule has 0 aliphatic rings. The fourth-order valence-electron chi connectivity index (χ4n) is 3.55. The van der Waals surface area contributed by atoms with E-state index in [0.717, 1.165) is 0 Å². The second-order valence-corrected chi connectivity index (χ2v) is 7.65. The van der Waals surface area contributed by atoms with Crippen LogP contribution in [0, 0.1) is 6.92 Å². The number of hydrogen-bond donors (Lipinski definition) is 1. The van der Waals surface area contributed by atoms with Gasteiger partial charge in [0.05, 0.1) is 12.5 Å². The monoisotopic (exact) mass is 452 g/mol. The van der Waals surface area contributed by atoms with Crippen molar-refractivity contribution in [1.82, 2.24) is 14.9 Å². The molecule has 0 saturated heterocycles. The molecule has 1 amide bonds. The lowest BCUT2D eigenvalue weighted by molar-refractivity contribution is -0.119. The van der Waals surface area contributed by atoms with Crippen LogP contribution >= 0.6 is 11.6 Å². The smallest absolute Gasteiger partial charge is 0.297 e. The van der Waals surface area contributed by atoms with Gasteiger partial charge in [0, 0.05) is 16.3 Å². The van der Waals surface area contributed by atoms with Crippen LogP contribution in [0.2, 0.25) is 5.02 Å². The molecule has 9 heteroatoms. The van der Waals surface area contributed by atoms with Gasteiger partial charge in [-0.2, -0.15) is 5.10 Å². The van der Waals surface area contributed by atoms with Crippen LogP contribution in [0.25, 0.3) is 22.2 Å². The first-order valence-electron chi connectivity index (χ1n) is 10.0. The van der Waals surface area contributed by atoms with Crippen LogP contribution in [0.3, 0.4) is 0 Å². The SMILES string of the molecule is CC[C@H](C(=O)Nc1cccc(Cl)c1)n1nc(-c2cccc(OC)c2)c2c(C)onc2c1=O. The van der Waals surface area contributed by atoms with Crippen LogP contribution in [-0.2, 0) is 4.79 Å². The van der Waals surface area contributed by atoms with Gasteiger partial charge < -0.3 is 14.6 Å². The Balaban J connectivity index is 1.85. The summed E-state index contributed by atoms with van der Waals surface area (Å²) in [7, 11) is 1.57. The van der Waals surface area contributed by atoms with Gasteiger partial charge in [-0.15, -0.1) is 0 Å². The number of amides is 1. The minimum atomic E-state index is -0.868. The van der Waals surface area contributed by atoms with Gasteiger partial charge >= 0.3 is 0 Å². The van der Waals surface area contributed by atoms with Crippen molar-refractivity contribution in [1.29, 1.82) is 0 Å². The Hall–Kier alpha value is -3.65. The third kappa shape index (κ3) is 3.97. The number of halogens is 1. The average molecular weight is 453 g/mol. The van der Waals surface area contributed by atoms with Gasteiger partial charge in [-0.05, 0) is 43.7 Å². The minimum Gasteiger partial charge on any atom is -0.497 e. The molecule has 0 radical (unpaired) electrons. The molecule has 0 aliphatic carbocycles. The van der Waals surface area contributed by atoms with Gasteiger partial charge in [0.15, 0.2) is 5.52 Å². The second-order valence-electron chi connectivity index (χ2n) is 7.22. The number of anilines is 1. The molecular formula is C23H21ClN4O4. The van der Waals surface area contributed by atoms with Gasteiger partial charge in [-0.3, -0.25) is 9.59 Å². The van der Waals surface area contributed by atoms with Gasteiger partial charge in [0.1, 0.15) is 23.2 Å². The highest BCUT2D eigenvalue weighted by Gasteiger charge is 2.26. The van der Waals surface area contributed by atoms with E-state index in [2.05, 4.69) is 15.6 Å². The summed E-state index contributed by atoms with van der Waals surface area (Å²) in [6, 6.07) is 13.2. The van der Waals surface area contributed by atoms with Gasteiger partial charge in [0.2, 0.25) is 5.91 Å². The van der Waals surface area contributed by atoms with Crippen molar-refractivity contribution in [3.8, 4) is 17.0 Å². The van der Waals surface area contributed by atoms with E-state index in [9.17, 15) is 9.59 Å². The molecular weight excluding hydrogens is 432 g/mol. The van der Waals surface area contributed by atoms with E-state index in [1.54, 1.807) is 51.3 Å². The number of methoxy groups -OCH3 is 1.